The van der Waals surface area contributed by atoms with Crippen molar-refractivity contribution in [2.24, 2.45) is 0 Å². The molecule has 1 aromatic rings. The molecule has 1 saturated carbocycles. The Morgan fingerprint density at radius 3 is 2.36 bits per heavy atom. The van der Waals surface area contributed by atoms with Crippen molar-refractivity contribution < 1.29 is 9.90 Å². The first kappa shape index (κ1) is 18.4. The molecule has 1 aliphatic carbocycles. The maximum Gasteiger partial charge on any atom is 0.234 e. The minimum atomic E-state index is -0.286. The lowest BCUT2D eigenvalue weighted by Gasteiger charge is -2.43. The summed E-state index contributed by atoms with van der Waals surface area (Å²) in [6.45, 7) is 7.40. The van der Waals surface area contributed by atoms with Gasteiger partial charge in [-0.2, -0.15) is 0 Å². The van der Waals surface area contributed by atoms with Crippen molar-refractivity contribution in [2.45, 2.75) is 37.7 Å². The molecular formula is C20H31N3O2. The maximum atomic E-state index is 12.4. The lowest BCUT2D eigenvalue weighted by Crippen LogP contribution is -2.52. The zero-order chi connectivity index (χ0) is 17.7. The molecule has 1 aliphatic heterocycles. The van der Waals surface area contributed by atoms with Crippen LogP contribution in [0.4, 0.5) is 0 Å². The van der Waals surface area contributed by atoms with E-state index in [-0.39, 0.29) is 17.4 Å². The van der Waals surface area contributed by atoms with Gasteiger partial charge in [-0.1, -0.05) is 36.8 Å². The minimum absolute atomic E-state index is 0.131. The summed E-state index contributed by atoms with van der Waals surface area (Å²) in [4.78, 5) is 16.9. The minimum Gasteiger partial charge on any atom is -0.392 e. The highest BCUT2D eigenvalue weighted by Gasteiger charge is 2.38. The van der Waals surface area contributed by atoms with E-state index >= 15 is 0 Å². The molecule has 1 unspecified atom stereocenters. The smallest absolute Gasteiger partial charge is 0.234 e. The number of aliphatic hydroxyl groups excluding tert-OH is 1. The normalized spacial score (nSPS) is 22.2. The molecule has 1 saturated heterocycles. The number of piperazine rings is 1. The van der Waals surface area contributed by atoms with E-state index in [1.165, 1.54) is 12.0 Å². The number of amides is 1. The second-order valence-corrected chi connectivity index (χ2v) is 7.70. The molecule has 5 heteroatoms. The molecule has 2 N–H and O–H groups in total. The highest BCUT2D eigenvalue weighted by atomic mass is 16.3. The Kier molecular flexibility index (Phi) is 6.10. The average molecular weight is 345 g/mol. The fourth-order valence-electron chi connectivity index (χ4n) is 3.99. The average Bonchev–Trinajstić information content (AvgIpc) is 2.56. The van der Waals surface area contributed by atoms with Crippen molar-refractivity contribution >= 4 is 5.91 Å². The van der Waals surface area contributed by atoms with Crippen LogP contribution in [0.1, 0.15) is 31.7 Å². The zero-order valence-electron chi connectivity index (χ0n) is 15.3. The summed E-state index contributed by atoms with van der Waals surface area (Å²) >= 11 is 0. The van der Waals surface area contributed by atoms with Crippen LogP contribution in [0.5, 0.6) is 0 Å². The standard InChI is InChI=1S/C20H31N3O2/c1-17(24)14-22-10-12-23(13-11-22)15-19(25)21-16-20(8-5-9-20)18-6-3-2-4-7-18/h2-4,6-7,17,24H,5,8-16H2,1H3,(H,21,25). The molecule has 1 heterocycles. The van der Waals surface area contributed by atoms with E-state index in [1.807, 2.05) is 13.0 Å². The molecule has 0 aromatic heterocycles. The number of β-amino-alcohol motifs (C(OH)–C–C–N with tert-alkyl or cyclic N) is 1. The van der Waals surface area contributed by atoms with Crippen molar-refractivity contribution in [2.75, 3.05) is 45.8 Å². The van der Waals surface area contributed by atoms with Gasteiger partial charge in [-0.05, 0) is 25.3 Å². The predicted octanol–water partition coefficient (Wildman–Crippen LogP) is 1.22. The van der Waals surface area contributed by atoms with Crippen molar-refractivity contribution in [3.8, 4) is 0 Å². The molecule has 25 heavy (non-hydrogen) atoms. The van der Waals surface area contributed by atoms with Crippen LogP contribution in [-0.2, 0) is 10.2 Å². The predicted molar refractivity (Wildman–Crippen MR) is 99.5 cm³/mol. The molecule has 2 aliphatic rings. The van der Waals surface area contributed by atoms with Gasteiger partial charge in [0.05, 0.1) is 12.6 Å². The fraction of sp³-hybridized carbons (Fsp3) is 0.650. The molecule has 1 atom stereocenters. The lowest BCUT2D eigenvalue weighted by molar-refractivity contribution is -0.123. The first-order valence-electron chi connectivity index (χ1n) is 9.52. The van der Waals surface area contributed by atoms with Crippen molar-refractivity contribution in [1.29, 1.82) is 0 Å². The monoisotopic (exact) mass is 345 g/mol. The van der Waals surface area contributed by atoms with Crippen molar-refractivity contribution in [1.82, 2.24) is 15.1 Å². The number of carbonyl (C=O) groups excluding carboxylic acids is 1. The number of nitrogens with zero attached hydrogens (tertiary/aromatic N) is 2. The van der Waals surface area contributed by atoms with Crippen LogP contribution in [0.2, 0.25) is 0 Å². The fourth-order valence-corrected chi connectivity index (χ4v) is 3.99. The summed E-state index contributed by atoms with van der Waals surface area (Å²) in [5, 5.41) is 12.6. The molecule has 0 radical (unpaired) electrons. The van der Waals surface area contributed by atoms with E-state index in [9.17, 15) is 9.90 Å². The highest BCUT2D eigenvalue weighted by molar-refractivity contribution is 5.78. The SMILES string of the molecule is CC(O)CN1CCN(CC(=O)NCC2(c3ccccc3)CCC2)CC1. The molecule has 0 bridgehead atoms. The van der Waals surface area contributed by atoms with Crippen molar-refractivity contribution in [3.05, 3.63) is 35.9 Å². The Hall–Kier alpha value is -1.43. The summed E-state index contributed by atoms with van der Waals surface area (Å²) in [5.41, 5.74) is 1.50. The summed E-state index contributed by atoms with van der Waals surface area (Å²) in [6.07, 6.45) is 3.28. The van der Waals surface area contributed by atoms with E-state index in [0.717, 1.165) is 52.1 Å². The zero-order valence-corrected chi connectivity index (χ0v) is 15.3. The van der Waals surface area contributed by atoms with E-state index in [4.69, 9.17) is 0 Å². The Morgan fingerprint density at radius 1 is 1.16 bits per heavy atom. The number of rotatable bonds is 7. The number of nitrogens with one attached hydrogen (secondary N) is 1. The van der Waals surface area contributed by atoms with Gasteiger partial charge in [0.15, 0.2) is 0 Å². The van der Waals surface area contributed by atoms with Gasteiger partial charge in [-0.3, -0.25) is 14.6 Å². The van der Waals surface area contributed by atoms with Gasteiger partial charge in [-0.25, -0.2) is 0 Å². The first-order valence-corrected chi connectivity index (χ1v) is 9.52. The molecule has 138 valence electrons. The van der Waals surface area contributed by atoms with Crippen LogP contribution < -0.4 is 5.32 Å². The summed E-state index contributed by atoms with van der Waals surface area (Å²) in [5.74, 6) is 0.131. The van der Waals surface area contributed by atoms with Crippen LogP contribution in [0.25, 0.3) is 0 Å². The molecule has 1 aromatic carbocycles. The first-order chi connectivity index (χ1) is 12.1. The topological polar surface area (TPSA) is 55.8 Å². The van der Waals surface area contributed by atoms with Crippen LogP contribution in [0, 0.1) is 0 Å². The molecule has 1 amide bonds. The summed E-state index contributed by atoms with van der Waals surface area (Å²) in [7, 11) is 0. The van der Waals surface area contributed by atoms with Gasteiger partial charge in [0, 0.05) is 44.7 Å². The summed E-state index contributed by atoms with van der Waals surface area (Å²) in [6, 6.07) is 10.6. The van der Waals surface area contributed by atoms with E-state index in [0.29, 0.717) is 6.54 Å². The second kappa shape index (κ2) is 8.30. The third kappa shape index (κ3) is 4.81. The van der Waals surface area contributed by atoms with E-state index < -0.39 is 0 Å². The van der Waals surface area contributed by atoms with Gasteiger partial charge in [-0.15, -0.1) is 0 Å². The molecular weight excluding hydrogens is 314 g/mol. The number of hydrogen-bond acceptors (Lipinski definition) is 4. The molecule has 0 spiro atoms. The Morgan fingerprint density at radius 2 is 1.80 bits per heavy atom. The van der Waals surface area contributed by atoms with Crippen LogP contribution >= 0.6 is 0 Å². The third-order valence-corrected chi connectivity index (χ3v) is 5.68. The van der Waals surface area contributed by atoms with Crippen LogP contribution in [-0.4, -0.2) is 72.7 Å². The van der Waals surface area contributed by atoms with Gasteiger partial charge in [0.25, 0.3) is 0 Å². The van der Waals surface area contributed by atoms with Crippen molar-refractivity contribution in [3.63, 3.8) is 0 Å². The number of carbonyl (C=O) groups is 1. The lowest BCUT2D eigenvalue weighted by atomic mass is 9.64. The molecule has 3 rings (SSSR count). The molecule has 2 fully saturated rings. The van der Waals surface area contributed by atoms with Gasteiger partial charge >= 0.3 is 0 Å². The highest BCUT2D eigenvalue weighted by Crippen LogP contribution is 2.43. The molecule has 5 nitrogen and oxygen atoms in total. The second-order valence-electron chi connectivity index (χ2n) is 7.70. The quantitative estimate of drug-likeness (QED) is 0.780. The Bertz CT molecular complexity index is 549. The van der Waals surface area contributed by atoms with E-state index in [1.54, 1.807) is 0 Å². The Balaban J connectivity index is 1.43. The number of aliphatic hydroxyl groups is 1. The third-order valence-electron chi connectivity index (χ3n) is 5.68. The van der Waals surface area contributed by atoms with E-state index in [2.05, 4.69) is 39.4 Å². The van der Waals surface area contributed by atoms with Crippen LogP contribution in [0.3, 0.4) is 0 Å². The van der Waals surface area contributed by atoms with Gasteiger partial charge in [0.2, 0.25) is 5.91 Å². The number of hydrogen-bond donors (Lipinski definition) is 2. The van der Waals surface area contributed by atoms with Gasteiger partial charge in [0.1, 0.15) is 0 Å². The summed E-state index contributed by atoms with van der Waals surface area (Å²) < 4.78 is 0. The van der Waals surface area contributed by atoms with Crippen LogP contribution in [0.15, 0.2) is 30.3 Å². The largest absolute Gasteiger partial charge is 0.392 e. The Labute approximate surface area is 151 Å². The van der Waals surface area contributed by atoms with Gasteiger partial charge < -0.3 is 10.4 Å². The number of benzene rings is 1. The maximum absolute atomic E-state index is 12.4.